The molecule has 3 heteroatoms. The van der Waals surface area contributed by atoms with E-state index in [-0.39, 0.29) is 0 Å². The number of hydrogen-bond acceptors (Lipinski definition) is 3. The third-order valence-corrected chi connectivity index (χ3v) is 3.65. The molecule has 1 aliphatic heterocycles. The summed E-state index contributed by atoms with van der Waals surface area (Å²) in [5.74, 6) is 1.81. The lowest BCUT2D eigenvalue weighted by molar-refractivity contribution is 0.408. The Kier molecular flexibility index (Phi) is 4.61. The zero-order chi connectivity index (χ0) is 13.0. The Morgan fingerprint density at radius 3 is 2.61 bits per heavy atom. The van der Waals surface area contributed by atoms with E-state index >= 15 is 0 Å². The molecule has 3 nitrogen and oxygen atoms in total. The Balaban J connectivity index is 1.89. The molecule has 1 fully saturated rings. The third-order valence-electron chi connectivity index (χ3n) is 3.65. The SMILES string of the molecule is COc1c(C)cc(CNCC2CCNC2)cc1C. The largest absolute Gasteiger partial charge is 0.496 e. The van der Waals surface area contributed by atoms with Crippen molar-refractivity contribution in [2.45, 2.75) is 26.8 Å². The molecule has 1 aromatic carbocycles. The van der Waals surface area contributed by atoms with E-state index in [2.05, 4.69) is 36.6 Å². The molecule has 0 aromatic heterocycles. The maximum Gasteiger partial charge on any atom is 0.124 e. The standard InChI is InChI=1S/C15H24N2O/c1-11-6-14(7-12(2)15(11)18-3)10-17-9-13-4-5-16-8-13/h6-7,13,16-17H,4-5,8-10H2,1-3H3. The minimum atomic E-state index is 0.797. The Morgan fingerprint density at radius 1 is 1.33 bits per heavy atom. The van der Waals surface area contributed by atoms with Gasteiger partial charge in [-0.2, -0.15) is 0 Å². The highest BCUT2D eigenvalue weighted by atomic mass is 16.5. The predicted octanol–water partition coefficient (Wildman–Crippen LogP) is 2.01. The Hall–Kier alpha value is -1.06. The van der Waals surface area contributed by atoms with Crippen molar-refractivity contribution < 1.29 is 4.74 Å². The molecule has 0 aliphatic carbocycles. The second-order valence-electron chi connectivity index (χ2n) is 5.25. The molecule has 0 saturated carbocycles. The van der Waals surface area contributed by atoms with E-state index in [9.17, 15) is 0 Å². The van der Waals surface area contributed by atoms with Gasteiger partial charge in [-0.3, -0.25) is 0 Å². The van der Waals surface area contributed by atoms with Crippen LogP contribution in [0.1, 0.15) is 23.1 Å². The topological polar surface area (TPSA) is 33.3 Å². The fraction of sp³-hybridized carbons (Fsp3) is 0.600. The van der Waals surface area contributed by atoms with Crippen molar-refractivity contribution in [1.82, 2.24) is 10.6 Å². The Labute approximate surface area is 110 Å². The average Bonchev–Trinajstić information content (AvgIpc) is 2.82. The smallest absolute Gasteiger partial charge is 0.124 e. The van der Waals surface area contributed by atoms with Crippen molar-refractivity contribution in [2.24, 2.45) is 5.92 Å². The number of ether oxygens (including phenoxy) is 1. The second-order valence-corrected chi connectivity index (χ2v) is 5.25. The van der Waals surface area contributed by atoms with E-state index in [1.807, 2.05) is 0 Å². The molecule has 0 bridgehead atoms. The van der Waals surface area contributed by atoms with Gasteiger partial charge in [-0.05, 0) is 62.5 Å². The van der Waals surface area contributed by atoms with E-state index in [0.717, 1.165) is 31.3 Å². The fourth-order valence-electron chi connectivity index (χ4n) is 2.77. The van der Waals surface area contributed by atoms with Crippen LogP contribution in [0.15, 0.2) is 12.1 Å². The summed E-state index contributed by atoms with van der Waals surface area (Å²) >= 11 is 0. The summed E-state index contributed by atoms with van der Waals surface area (Å²) < 4.78 is 5.39. The van der Waals surface area contributed by atoms with Crippen LogP contribution in [0.4, 0.5) is 0 Å². The summed E-state index contributed by atoms with van der Waals surface area (Å²) in [6, 6.07) is 4.43. The van der Waals surface area contributed by atoms with Gasteiger partial charge in [-0.1, -0.05) is 12.1 Å². The van der Waals surface area contributed by atoms with E-state index in [4.69, 9.17) is 4.74 Å². The van der Waals surface area contributed by atoms with Gasteiger partial charge in [0.15, 0.2) is 0 Å². The molecule has 2 rings (SSSR count). The van der Waals surface area contributed by atoms with Gasteiger partial charge >= 0.3 is 0 Å². The lowest BCUT2D eigenvalue weighted by Gasteiger charge is -2.13. The van der Waals surface area contributed by atoms with Gasteiger partial charge < -0.3 is 15.4 Å². The van der Waals surface area contributed by atoms with Crippen molar-refractivity contribution in [3.63, 3.8) is 0 Å². The first-order valence-electron chi connectivity index (χ1n) is 6.76. The van der Waals surface area contributed by atoms with Crippen molar-refractivity contribution in [1.29, 1.82) is 0 Å². The highest BCUT2D eigenvalue weighted by molar-refractivity contribution is 5.43. The van der Waals surface area contributed by atoms with E-state index in [1.165, 1.54) is 29.7 Å². The third kappa shape index (κ3) is 3.24. The van der Waals surface area contributed by atoms with E-state index < -0.39 is 0 Å². The second kappa shape index (κ2) is 6.21. The maximum absolute atomic E-state index is 5.39. The first-order chi connectivity index (χ1) is 8.70. The van der Waals surface area contributed by atoms with Gasteiger partial charge in [-0.25, -0.2) is 0 Å². The summed E-state index contributed by atoms with van der Waals surface area (Å²) in [6.07, 6.45) is 1.30. The van der Waals surface area contributed by atoms with Crippen molar-refractivity contribution in [3.05, 3.63) is 28.8 Å². The van der Waals surface area contributed by atoms with E-state index in [1.54, 1.807) is 7.11 Å². The predicted molar refractivity (Wildman–Crippen MR) is 75.2 cm³/mol. The highest BCUT2D eigenvalue weighted by Crippen LogP contribution is 2.24. The molecule has 1 heterocycles. The van der Waals surface area contributed by atoms with Gasteiger partial charge in [0.1, 0.15) is 5.75 Å². The Morgan fingerprint density at radius 2 is 2.06 bits per heavy atom. The molecule has 1 unspecified atom stereocenters. The number of hydrogen-bond donors (Lipinski definition) is 2. The number of methoxy groups -OCH3 is 1. The molecule has 2 N–H and O–H groups in total. The molecule has 0 radical (unpaired) electrons. The molecule has 1 aliphatic rings. The lowest BCUT2D eigenvalue weighted by Crippen LogP contribution is -2.24. The number of nitrogens with one attached hydrogen (secondary N) is 2. The summed E-state index contributed by atoms with van der Waals surface area (Å²) in [6.45, 7) is 8.60. The van der Waals surface area contributed by atoms with Gasteiger partial charge in [0, 0.05) is 6.54 Å². The zero-order valence-electron chi connectivity index (χ0n) is 11.7. The molecule has 18 heavy (non-hydrogen) atoms. The van der Waals surface area contributed by atoms with Crippen molar-refractivity contribution in [2.75, 3.05) is 26.7 Å². The van der Waals surface area contributed by atoms with Gasteiger partial charge in [0.25, 0.3) is 0 Å². The molecular formula is C15H24N2O. The summed E-state index contributed by atoms with van der Waals surface area (Å²) in [5.41, 5.74) is 3.78. The lowest BCUT2D eigenvalue weighted by atomic mass is 10.1. The van der Waals surface area contributed by atoms with Crippen molar-refractivity contribution in [3.8, 4) is 5.75 Å². The molecule has 1 saturated heterocycles. The van der Waals surface area contributed by atoms with Crippen LogP contribution in [0, 0.1) is 19.8 Å². The van der Waals surface area contributed by atoms with Crippen LogP contribution < -0.4 is 15.4 Å². The first-order valence-corrected chi connectivity index (χ1v) is 6.76. The molecule has 0 spiro atoms. The molecule has 1 atom stereocenters. The van der Waals surface area contributed by atoms with E-state index in [0.29, 0.717) is 0 Å². The molecule has 0 amide bonds. The highest BCUT2D eigenvalue weighted by Gasteiger charge is 2.13. The monoisotopic (exact) mass is 248 g/mol. The normalized spacial score (nSPS) is 19.2. The van der Waals surface area contributed by atoms with Crippen LogP contribution in [0.3, 0.4) is 0 Å². The van der Waals surface area contributed by atoms with Crippen LogP contribution in [0.2, 0.25) is 0 Å². The molecule has 100 valence electrons. The minimum absolute atomic E-state index is 0.797. The van der Waals surface area contributed by atoms with Crippen LogP contribution in [0.25, 0.3) is 0 Å². The first kappa shape index (κ1) is 13.4. The summed E-state index contributed by atoms with van der Waals surface area (Å²) in [5, 5.41) is 6.95. The van der Waals surface area contributed by atoms with Crippen LogP contribution in [0.5, 0.6) is 5.75 Å². The van der Waals surface area contributed by atoms with Gasteiger partial charge in [0.2, 0.25) is 0 Å². The molecule has 1 aromatic rings. The number of rotatable bonds is 5. The Bertz CT molecular complexity index is 374. The number of benzene rings is 1. The fourth-order valence-corrected chi connectivity index (χ4v) is 2.77. The summed E-state index contributed by atoms with van der Waals surface area (Å²) in [4.78, 5) is 0. The van der Waals surface area contributed by atoms with Crippen LogP contribution >= 0.6 is 0 Å². The quantitative estimate of drug-likeness (QED) is 0.836. The summed E-state index contributed by atoms with van der Waals surface area (Å²) in [7, 11) is 1.74. The van der Waals surface area contributed by atoms with Crippen LogP contribution in [-0.4, -0.2) is 26.7 Å². The minimum Gasteiger partial charge on any atom is -0.496 e. The van der Waals surface area contributed by atoms with Crippen molar-refractivity contribution >= 4 is 0 Å². The number of aryl methyl sites for hydroxylation is 2. The van der Waals surface area contributed by atoms with Gasteiger partial charge in [0.05, 0.1) is 7.11 Å². The average molecular weight is 248 g/mol. The van der Waals surface area contributed by atoms with Gasteiger partial charge in [-0.15, -0.1) is 0 Å². The molecular weight excluding hydrogens is 224 g/mol. The van der Waals surface area contributed by atoms with Crippen LogP contribution in [-0.2, 0) is 6.54 Å². The zero-order valence-corrected chi connectivity index (χ0v) is 11.7. The maximum atomic E-state index is 5.39.